The van der Waals surface area contributed by atoms with E-state index in [1.807, 2.05) is 13.0 Å². The Labute approximate surface area is 188 Å². The first-order valence-corrected chi connectivity index (χ1v) is 10.3. The van der Waals surface area contributed by atoms with Crippen molar-refractivity contribution in [3.8, 4) is 0 Å². The Kier molecular flexibility index (Phi) is 7.15. The van der Waals surface area contributed by atoms with Gasteiger partial charge in [0.1, 0.15) is 5.71 Å². The largest absolute Gasteiger partial charge is 0.471 e. The number of hydrazone groups is 1. The molecule has 1 heterocycles. The molecule has 33 heavy (non-hydrogen) atoms. The van der Waals surface area contributed by atoms with Crippen molar-refractivity contribution < 1.29 is 27.6 Å². The van der Waals surface area contributed by atoms with Gasteiger partial charge in [0, 0.05) is 31.6 Å². The van der Waals surface area contributed by atoms with Gasteiger partial charge in [0.25, 0.3) is 5.91 Å². The number of nitrogens with one attached hydrogen (secondary N) is 1. The summed E-state index contributed by atoms with van der Waals surface area (Å²) in [5, 5.41) is 8.08. The number of hydrogen-bond donors (Lipinski definition) is 1. The molecule has 1 N–H and O–H groups in total. The van der Waals surface area contributed by atoms with Crippen LogP contribution in [-0.2, 0) is 20.9 Å². The number of aryl methyl sites for hydroxylation is 1. The van der Waals surface area contributed by atoms with E-state index >= 15 is 0 Å². The fourth-order valence-electron chi connectivity index (χ4n) is 3.36. The minimum atomic E-state index is -4.96. The normalized spacial score (nSPS) is 14.0. The molecule has 7 nitrogen and oxygen atoms in total. The summed E-state index contributed by atoms with van der Waals surface area (Å²) in [7, 11) is 0. The van der Waals surface area contributed by atoms with Crippen LogP contribution < -0.4 is 10.3 Å². The molecule has 0 atom stereocenters. The van der Waals surface area contributed by atoms with E-state index < -0.39 is 18.0 Å². The summed E-state index contributed by atoms with van der Waals surface area (Å²) in [5.41, 5.74) is 2.42. The van der Waals surface area contributed by atoms with E-state index in [1.54, 1.807) is 36.4 Å². The van der Waals surface area contributed by atoms with Crippen molar-refractivity contribution in [2.24, 2.45) is 5.10 Å². The highest BCUT2D eigenvalue weighted by atomic mass is 19.4. The second-order valence-corrected chi connectivity index (χ2v) is 7.56. The van der Waals surface area contributed by atoms with E-state index in [-0.39, 0.29) is 37.6 Å². The van der Waals surface area contributed by atoms with Gasteiger partial charge < -0.3 is 10.2 Å². The van der Waals surface area contributed by atoms with Crippen LogP contribution in [0.5, 0.6) is 0 Å². The maximum absolute atomic E-state index is 12.8. The smallest absolute Gasteiger partial charge is 0.331 e. The minimum absolute atomic E-state index is 0.116. The molecule has 10 heteroatoms. The van der Waals surface area contributed by atoms with E-state index in [4.69, 9.17) is 0 Å². The third-order valence-electron chi connectivity index (χ3n) is 5.01. The molecule has 0 fully saturated rings. The Morgan fingerprint density at radius 1 is 1.12 bits per heavy atom. The van der Waals surface area contributed by atoms with Crippen LogP contribution in [0.4, 0.5) is 24.5 Å². The number of benzene rings is 2. The van der Waals surface area contributed by atoms with E-state index in [2.05, 4.69) is 10.4 Å². The third-order valence-corrected chi connectivity index (χ3v) is 5.01. The van der Waals surface area contributed by atoms with Crippen molar-refractivity contribution in [2.45, 2.75) is 39.4 Å². The van der Waals surface area contributed by atoms with Crippen molar-refractivity contribution >= 4 is 34.8 Å². The lowest BCUT2D eigenvalue weighted by atomic mass is 10.1. The SMILES string of the molecule is CCN(Cc1cccc(NC(=O)C2=NN(c3cccc(C)c3)C(=O)CC2)c1)C(=O)C(F)(F)F. The fraction of sp³-hybridized carbons (Fsp3) is 0.304. The first kappa shape index (κ1) is 24.0. The topological polar surface area (TPSA) is 82.1 Å². The van der Waals surface area contributed by atoms with E-state index in [0.717, 1.165) is 5.56 Å². The first-order valence-electron chi connectivity index (χ1n) is 10.3. The zero-order chi connectivity index (χ0) is 24.2. The number of carbonyl (C=O) groups is 3. The highest BCUT2D eigenvalue weighted by molar-refractivity contribution is 6.44. The Hall–Kier alpha value is -3.69. The van der Waals surface area contributed by atoms with Crippen molar-refractivity contribution in [1.29, 1.82) is 0 Å². The number of rotatable bonds is 6. The molecule has 0 radical (unpaired) electrons. The Morgan fingerprint density at radius 3 is 2.52 bits per heavy atom. The molecule has 0 aromatic heterocycles. The van der Waals surface area contributed by atoms with Crippen LogP contribution in [0, 0.1) is 6.92 Å². The zero-order valence-electron chi connectivity index (χ0n) is 18.1. The lowest BCUT2D eigenvalue weighted by Crippen LogP contribution is -2.40. The van der Waals surface area contributed by atoms with Gasteiger partial charge in [-0.15, -0.1) is 0 Å². The van der Waals surface area contributed by atoms with Crippen molar-refractivity contribution in [1.82, 2.24) is 4.90 Å². The molecule has 0 unspecified atom stereocenters. The van der Waals surface area contributed by atoms with Gasteiger partial charge in [-0.1, -0.05) is 24.3 Å². The molecule has 0 spiro atoms. The highest BCUT2D eigenvalue weighted by Crippen LogP contribution is 2.23. The second kappa shape index (κ2) is 9.85. The molecule has 3 rings (SSSR count). The van der Waals surface area contributed by atoms with Gasteiger partial charge in [0.15, 0.2) is 0 Å². The number of carbonyl (C=O) groups excluding carboxylic acids is 3. The van der Waals surface area contributed by atoms with Gasteiger partial charge in [-0.2, -0.15) is 18.3 Å². The molecule has 0 saturated carbocycles. The summed E-state index contributed by atoms with van der Waals surface area (Å²) in [6, 6.07) is 13.4. The van der Waals surface area contributed by atoms with Crippen LogP contribution >= 0.6 is 0 Å². The Balaban J connectivity index is 1.74. The average molecular weight is 460 g/mol. The second-order valence-electron chi connectivity index (χ2n) is 7.56. The highest BCUT2D eigenvalue weighted by Gasteiger charge is 2.41. The minimum Gasteiger partial charge on any atom is -0.331 e. The summed E-state index contributed by atoms with van der Waals surface area (Å²) in [4.78, 5) is 37.3. The van der Waals surface area contributed by atoms with Crippen LogP contribution in [0.3, 0.4) is 0 Å². The summed E-state index contributed by atoms with van der Waals surface area (Å²) in [5.74, 6) is -2.67. The van der Waals surface area contributed by atoms with Crippen LogP contribution in [0.15, 0.2) is 53.6 Å². The van der Waals surface area contributed by atoms with Crippen LogP contribution in [0.1, 0.15) is 30.9 Å². The van der Waals surface area contributed by atoms with Gasteiger partial charge in [-0.05, 0) is 49.2 Å². The van der Waals surface area contributed by atoms with Crippen molar-refractivity contribution in [3.05, 3.63) is 59.7 Å². The van der Waals surface area contributed by atoms with Crippen molar-refractivity contribution in [3.63, 3.8) is 0 Å². The van der Waals surface area contributed by atoms with E-state index in [9.17, 15) is 27.6 Å². The summed E-state index contributed by atoms with van der Waals surface area (Å²) < 4.78 is 38.3. The number of halogens is 3. The van der Waals surface area contributed by atoms with Crippen LogP contribution in [0.25, 0.3) is 0 Å². The predicted octanol–water partition coefficient (Wildman–Crippen LogP) is 4.03. The van der Waals surface area contributed by atoms with E-state index in [1.165, 1.54) is 18.0 Å². The maximum atomic E-state index is 12.8. The molecule has 0 aliphatic carbocycles. The molecule has 1 aliphatic rings. The molecular weight excluding hydrogens is 437 g/mol. The molecule has 3 amide bonds. The van der Waals surface area contributed by atoms with Gasteiger partial charge in [0.2, 0.25) is 5.91 Å². The number of nitrogens with zero attached hydrogens (tertiary/aromatic N) is 3. The third kappa shape index (κ3) is 5.97. The maximum Gasteiger partial charge on any atom is 0.471 e. The van der Waals surface area contributed by atoms with Crippen molar-refractivity contribution in [2.75, 3.05) is 16.9 Å². The van der Waals surface area contributed by atoms with Gasteiger partial charge in [-0.3, -0.25) is 14.4 Å². The zero-order valence-corrected chi connectivity index (χ0v) is 18.1. The molecule has 0 bridgehead atoms. The summed E-state index contributed by atoms with van der Waals surface area (Å²) in [6.07, 6.45) is -4.68. The quantitative estimate of drug-likeness (QED) is 0.707. The summed E-state index contributed by atoms with van der Waals surface area (Å²) in [6.45, 7) is 2.96. The molecule has 174 valence electrons. The predicted molar refractivity (Wildman–Crippen MR) is 118 cm³/mol. The molecule has 0 saturated heterocycles. The fourth-order valence-corrected chi connectivity index (χ4v) is 3.36. The standard InChI is InChI=1S/C23H23F3N4O3/c1-3-29(22(33)23(24,25)26)14-16-7-5-8-17(13-16)27-21(32)19-10-11-20(31)30(28-19)18-9-4-6-15(2)12-18/h4-9,12-13H,3,10-11,14H2,1-2H3,(H,27,32). The van der Waals surface area contributed by atoms with Gasteiger partial charge >= 0.3 is 12.1 Å². The lowest BCUT2D eigenvalue weighted by Gasteiger charge is -2.23. The number of amides is 3. The monoisotopic (exact) mass is 460 g/mol. The van der Waals surface area contributed by atoms with Gasteiger partial charge in [0.05, 0.1) is 5.69 Å². The molecule has 2 aromatic carbocycles. The lowest BCUT2D eigenvalue weighted by molar-refractivity contribution is -0.185. The first-order chi connectivity index (χ1) is 15.6. The Bertz CT molecular complexity index is 1100. The number of hydrogen-bond acceptors (Lipinski definition) is 4. The van der Waals surface area contributed by atoms with Crippen LogP contribution in [0.2, 0.25) is 0 Å². The van der Waals surface area contributed by atoms with Gasteiger partial charge in [-0.25, -0.2) is 5.01 Å². The molecular formula is C23H23F3N4O3. The summed E-state index contributed by atoms with van der Waals surface area (Å²) >= 11 is 0. The van der Waals surface area contributed by atoms with E-state index in [0.29, 0.717) is 21.8 Å². The number of anilines is 2. The Morgan fingerprint density at radius 2 is 1.85 bits per heavy atom. The molecule has 2 aromatic rings. The van der Waals surface area contributed by atoms with Crippen LogP contribution in [-0.4, -0.2) is 41.1 Å². The average Bonchev–Trinajstić information content (AvgIpc) is 2.77. The molecule has 1 aliphatic heterocycles. The number of alkyl halides is 3.